The first-order valence-electron chi connectivity index (χ1n) is 8.73. The van der Waals surface area contributed by atoms with Crippen molar-refractivity contribution in [3.63, 3.8) is 0 Å². The fourth-order valence-corrected chi connectivity index (χ4v) is 2.56. The molecule has 0 saturated carbocycles. The van der Waals surface area contributed by atoms with Crippen molar-refractivity contribution in [3.05, 3.63) is 41.1 Å². The van der Waals surface area contributed by atoms with Gasteiger partial charge in [0, 0.05) is 0 Å². The highest BCUT2D eigenvalue weighted by Crippen LogP contribution is 2.17. The lowest BCUT2D eigenvalue weighted by Crippen LogP contribution is -2.50. The standard InChI is InChI=1S/C19H24N2O6/c1-5-25-18(23)16-12(4)20-19(24)21-15(16)10-26-17(22)13-6-8-14(9-7-13)27-11(2)3/h6-9,11-12H,5,10H2,1-4H3,(H2,20,21,24)/t12-/m1/s1. The number of benzene rings is 1. The third kappa shape index (κ3) is 5.47. The van der Waals surface area contributed by atoms with E-state index in [1.165, 1.54) is 0 Å². The molecule has 2 rings (SSSR count). The average molecular weight is 376 g/mol. The Morgan fingerprint density at radius 1 is 1.11 bits per heavy atom. The minimum absolute atomic E-state index is 0.0292. The van der Waals surface area contributed by atoms with Crippen LogP contribution in [0.5, 0.6) is 5.75 Å². The van der Waals surface area contributed by atoms with E-state index < -0.39 is 24.0 Å². The van der Waals surface area contributed by atoms with Crippen LogP contribution in [-0.4, -0.2) is 43.3 Å². The molecule has 0 aromatic heterocycles. The number of carbonyl (C=O) groups is 3. The molecule has 0 radical (unpaired) electrons. The minimum atomic E-state index is -0.581. The zero-order valence-electron chi connectivity index (χ0n) is 15.8. The Morgan fingerprint density at radius 2 is 1.78 bits per heavy atom. The van der Waals surface area contributed by atoms with E-state index in [1.54, 1.807) is 38.1 Å². The molecule has 1 aromatic rings. The lowest BCUT2D eigenvalue weighted by atomic mass is 10.0. The van der Waals surface area contributed by atoms with E-state index in [1.807, 2.05) is 13.8 Å². The van der Waals surface area contributed by atoms with Crippen molar-refractivity contribution in [2.75, 3.05) is 13.2 Å². The zero-order chi connectivity index (χ0) is 20.0. The van der Waals surface area contributed by atoms with E-state index >= 15 is 0 Å². The Bertz CT molecular complexity index is 739. The summed E-state index contributed by atoms with van der Waals surface area (Å²) in [5, 5.41) is 5.08. The number of hydrogen-bond donors (Lipinski definition) is 2. The Labute approximate surface area is 157 Å². The summed E-state index contributed by atoms with van der Waals surface area (Å²) in [7, 11) is 0. The Balaban J connectivity index is 2.09. The first-order valence-corrected chi connectivity index (χ1v) is 8.73. The summed E-state index contributed by atoms with van der Waals surface area (Å²) in [5.74, 6) is -0.505. The second kappa shape index (κ2) is 9.07. The number of nitrogens with one attached hydrogen (secondary N) is 2. The highest BCUT2D eigenvalue weighted by molar-refractivity contribution is 5.95. The summed E-state index contributed by atoms with van der Waals surface area (Å²) in [5.41, 5.74) is 0.764. The van der Waals surface area contributed by atoms with E-state index in [0.29, 0.717) is 11.3 Å². The maximum Gasteiger partial charge on any atom is 0.338 e. The predicted molar refractivity (Wildman–Crippen MR) is 97.3 cm³/mol. The molecule has 1 atom stereocenters. The van der Waals surface area contributed by atoms with Crippen LogP contribution in [0.4, 0.5) is 4.79 Å². The van der Waals surface area contributed by atoms with Gasteiger partial charge in [-0.05, 0) is 52.0 Å². The van der Waals surface area contributed by atoms with Crippen molar-refractivity contribution in [3.8, 4) is 5.75 Å². The number of carbonyl (C=O) groups excluding carboxylic acids is 3. The van der Waals surface area contributed by atoms with Crippen LogP contribution in [0, 0.1) is 0 Å². The maximum absolute atomic E-state index is 12.3. The smallest absolute Gasteiger partial charge is 0.338 e. The summed E-state index contributed by atoms with van der Waals surface area (Å²) in [6.07, 6.45) is 0.0292. The molecule has 0 fully saturated rings. The fourth-order valence-electron chi connectivity index (χ4n) is 2.56. The van der Waals surface area contributed by atoms with Crippen molar-refractivity contribution < 1.29 is 28.6 Å². The lowest BCUT2D eigenvalue weighted by molar-refractivity contribution is -0.139. The summed E-state index contributed by atoms with van der Waals surface area (Å²) in [6.45, 7) is 7.09. The molecule has 1 aliphatic rings. The van der Waals surface area contributed by atoms with Gasteiger partial charge in [0.1, 0.15) is 12.4 Å². The molecule has 0 spiro atoms. The van der Waals surface area contributed by atoms with E-state index in [-0.39, 0.29) is 30.6 Å². The Hall–Kier alpha value is -3.03. The molecule has 0 saturated heterocycles. The SMILES string of the molecule is CCOC(=O)C1=C(COC(=O)c2ccc(OC(C)C)cc2)NC(=O)N[C@@H]1C. The van der Waals surface area contributed by atoms with Gasteiger partial charge in [0.25, 0.3) is 0 Å². The number of ether oxygens (including phenoxy) is 3. The molecule has 2 N–H and O–H groups in total. The van der Waals surface area contributed by atoms with Gasteiger partial charge in [-0.2, -0.15) is 0 Å². The van der Waals surface area contributed by atoms with E-state index in [9.17, 15) is 14.4 Å². The molecule has 1 heterocycles. The number of hydrogen-bond acceptors (Lipinski definition) is 6. The summed E-state index contributed by atoms with van der Waals surface area (Å²) in [6, 6.07) is 5.49. The second-order valence-corrected chi connectivity index (χ2v) is 6.20. The monoisotopic (exact) mass is 376 g/mol. The van der Waals surface area contributed by atoms with Gasteiger partial charge in [0.2, 0.25) is 0 Å². The molecule has 2 amide bonds. The quantitative estimate of drug-likeness (QED) is 0.707. The minimum Gasteiger partial charge on any atom is -0.491 e. The molecule has 8 nitrogen and oxygen atoms in total. The highest BCUT2D eigenvalue weighted by atomic mass is 16.5. The van der Waals surface area contributed by atoms with Crippen LogP contribution in [0.15, 0.2) is 35.5 Å². The van der Waals surface area contributed by atoms with Gasteiger partial charge in [-0.3, -0.25) is 0 Å². The van der Waals surface area contributed by atoms with Crippen LogP contribution in [-0.2, 0) is 14.3 Å². The first-order chi connectivity index (χ1) is 12.8. The number of esters is 2. The van der Waals surface area contributed by atoms with Crippen molar-refractivity contribution >= 4 is 18.0 Å². The molecule has 146 valence electrons. The molecule has 0 aliphatic carbocycles. The normalized spacial score (nSPS) is 16.5. The molecule has 8 heteroatoms. The van der Waals surface area contributed by atoms with Gasteiger partial charge in [0.15, 0.2) is 0 Å². The van der Waals surface area contributed by atoms with E-state index in [0.717, 1.165) is 0 Å². The number of rotatable bonds is 7. The van der Waals surface area contributed by atoms with Gasteiger partial charge in [-0.1, -0.05) is 0 Å². The van der Waals surface area contributed by atoms with Gasteiger partial charge < -0.3 is 24.8 Å². The van der Waals surface area contributed by atoms with Gasteiger partial charge in [0.05, 0.1) is 35.6 Å². The fraction of sp³-hybridized carbons (Fsp3) is 0.421. The molecule has 0 bridgehead atoms. The van der Waals surface area contributed by atoms with E-state index in [4.69, 9.17) is 14.2 Å². The number of amides is 2. The van der Waals surface area contributed by atoms with Crippen LogP contribution < -0.4 is 15.4 Å². The summed E-state index contributed by atoms with van der Waals surface area (Å²) < 4.78 is 15.8. The van der Waals surface area contributed by atoms with Crippen LogP contribution in [0.1, 0.15) is 38.1 Å². The third-order valence-corrected chi connectivity index (χ3v) is 3.67. The van der Waals surface area contributed by atoms with E-state index in [2.05, 4.69) is 10.6 Å². The topological polar surface area (TPSA) is 103 Å². The Kier molecular flexibility index (Phi) is 6.81. The Morgan fingerprint density at radius 3 is 2.37 bits per heavy atom. The predicted octanol–water partition coefficient (Wildman–Crippen LogP) is 2.15. The van der Waals surface area contributed by atoms with Crippen molar-refractivity contribution in [2.24, 2.45) is 0 Å². The first kappa shape index (κ1) is 20.3. The number of urea groups is 1. The van der Waals surface area contributed by atoms with Gasteiger partial charge >= 0.3 is 18.0 Å². The summed E-state index contributed by atoms with van der Waals surface area (Å²) >= 11 is 0. The third-order valence-electron chi connectivity index (χ3n) is 3.67. The maximum atomic E-state index is 12.3. The summed E-state index contributed by atoms with van der Waals surface area (Å²) in [4.78, 5) is 36.1. The van der Waals surface area contributed by atoms with Crippen LogP contribution in [0.3, 0.4) is 0 Å². The van der Waals surface area contributed by atoms with Gasteiger partial charge in [-0.15, -0.1) is 0 Å². The molecule has 0 unspecified atom stereocenters. The van der Waals surface area contributed by atoms with Crippen LogP contribution >= 0.6 is 0 Å². The lowest BCUT2D eigenvalue weighted by Gasteiger charge is -2.26. The van der Waals surface area contributed by atoms with Crippen LogP contribution in [0.25, 0.3) is 0 Å². The molecular weight excluding hydrogens is 352 g/mol. The molecule has 1 aliphatic heterocycles. The van der Waals surface area contributed by atoms with Crippen molar-refractivity contribution in [1.82, 2.24) is 10.6 Å². The molecular formula is C19H24N2O6. The van der Waals surface area contributed by atoms with Crippen molar-refractivity contribution in [2.45, 2.75) is 39.8 Å². The average Bonchev–Trinajstić information content (AvgIpc) is 2.59. The van der Waals surface area contributed by atoms with Gasteiger partial charge in [-0.25, -0.2) is 14.4 Å². The molecule has 27 heavy (non-hydrogen) atoms. The zero-order valence-corrected chi connectivity index (χ0v) is 15.8. The largest absolute Gasteiger partial charge is 0.491 e. The molecule has 1 aromatic carbocycles. The van der Waals surface area contributed by atoms with Crippen LogP contribution in [0.2, 0.25) is 0 Å². The van der Waals surface area contributed by atoms with Crippen molar-refractivity contribution in [1.29, 1.82) is 0 Å². The highest BCUT2D eigenvalue weighted by Gasteiger charge is 2.30. The second-order valence-electron chi connectivity index (χ2n) is 6.20.